The van der Waals surface area contributed by atoms with E-state index in [1.165, 1.54) is 56.3 Å². The average molecular weight is 877 g/mol. The molecule has 0 bridgehead atoms. The summed E-state index contributed by atoms with van der Waals surface area (Å²) in [7, 11) is 9.10. The van der Waals surface area contributed by atoms with Crippen LogP contribution >= 0.6 is 0 Å². The maximum atomic E-state index is 14.5. The molecule has 1 N–H and O–H groups in total. The molecular formula is C43H44N10O11. The van der Waals surface area contributed by atoms with Crippen molar-refractivity contribution in [2.75, 3.05) is 28.4 Å². The van der Waals surface area contributed by atoms with Crippen molar-refractivity contribution < 1.29 is 24.1 Å². The minimum Gasteiger partial charge on any atom is -0.507 e. The fourth-order valence-electron chi connectivity index (χ4n) is 9.00. The number of aromatic hydroxyl groups is 1. The maximum absolute atomic E-state index is 14.5. The zero-order valence-corrected chi connectivity index (χ0v) is 36.0. The Morgan fingerprint density at radius 3 is 1.66 bits per heavy atom. The molecular weight excluding hydrogens is 833 g/mol. The highest BCUT2D eigenvalue weighted by Gasteiger charge is 2.42. The second kappa shape index (κ2) is 15.5. The number of aryl methyl sites for hydroxylation is 5. The maximum Gasteiger partial charge on any atom is 0.348 e. The van der Waals surface area contributed by atoms with Crippen LogP contribution in [-0.4, -0.2) is 80.5 Å². The number of rotatable bonds is 11. The molecule has 0 unspecified atom stereocenters. The summed E-state index contributed by atoms with van der Waals surface area (Å²) in [5.41, 5.74) is -0.274. The Balaban J connectivity index is 1.10. The van der Waals surface area contributed by atoms with Crippen LogP contribution in [0.15, 0.2) is 82.9 Å². The van der Waals surface area contributed by atoms with E-state index < -0.39 is 46.0 Å². The molecule has 0 radical (unpaired) electrons. The Morgan fingerprint density at radius 2 is 1.14 bits per heavy atom. The van der Waals surface area contributed by atoms with Gasteiger partial charge in [0, 0.05) is 69.9 Å². The number of aromatic nitrogens is 10. The van der Waals surface area contributed by atoms with Crippen molar-refractivity contribution in [3.63, 3.8) is 0 Å². The standard InChI is InChI=1S/C43H44N10O11/c1-22-9-8-10-24(37(22)54)36-23-11-16-50-40(57)48(14-12-25-38(55)46(2)29-19-34(63-6)32(61-4)17-27(29)44-25)42(59)52(50)31(23)21-51-41(58)49(43(60)53(36)51)15-13-26-39(56)47(3)30-20-35(64-7)33(62-5)18-28(30)45-26/h8-11,17-20,31,36,54H,12-16,21H2,1-7H3/t31-,36-/m1/s1. The third kappa shape index (κ3) is 6.20. The fourth-order valence-corrected chi connectivity index (χ4v) is 9.00. The summed E-state index contributed by atoms with van der Waals surface area (Å²) in [5.74, 6) is 1.52. The van der Waals surface area contributed by atoms with Gasteiger partial charge in [0.05, 0.1) is 69.6 Å². The summed E-state index contributed by atoms with van der Waals surface area (Å²) < 4.78 is 31.5. The van der Waals surface area contributed by atoms with Gasteiger partial charge >= 0.3 is 22.8 Å². The molecule has 21 heteroatoms. The van der Waals surface area contributed by atoms with Gasteiger partial charge in [-0.2, -0.15) is 0 Å². The highest BCUT2D eigenvalue weighted by Crippen LogP contribution is 2.42. The van der Waals surface area contributed by atoms with Gasteiger partial charge in [-0.1, -0.05) is 24.3 Å². The van der Waals surface area contributed by atoms with Gasteiger partial charge in [0.25, 0.3) is 11.1 Å². The number of methoxy groups -OCH3 is 4. The first kappa shape index (κ1) is 41.5. The van der Waals surface area contributed by atoms with Gasteiger partial charge < -0.3 is 33.2 Å². The lowest BCUT2D eigenvalue weighted by molar-refractivity contribution is 0.243. The third-order valence-electron chi connectivity index (χ3n) is 12.4. The predicted octanol–water partition coefficient (Wildman–Crippen LogP) is 0.748. The summed E-state index contributed by atoms with van der Waals surface area (Å²) in [6.07, 6.45) is 1.56. The van der Waals surface area contributed by atoms with Crippen molar-refractivity contribution in [2.45, 2.75) is 58.0 Å². The van der Waals surface area contributed by atoms with Crippen molar-refractivity contribution >= 4 is 22.1 Å². The first-order valence-corrected chi connectivity index (χ1v) is 20.3. The van der Waals surface area contributed by atoms with E-state index in [-0.39, 0.29) is 56.2 Å². The second-order valence-corrected chi connectivity index (χ2v) is 15.7. The molecule has 0 amide bonds. The lowest BCUT2D eigenvalue weighted by Gasteiger charge is -2.37. The van der Waals surface area contributed by atoms with Crippen molar-refractivity contribution in [1.29, 1.82) is 0 Å². The average Bonchev–Trinajstić information content (AvgIpc) is 3.69. The number of para-hydroxylation sites is 1. The summed E-state index contributed by atoms with van der Waals surface area (Å²) >= 11 is 0. The Hall–Kier alpha value is -7.84. The van der Waals surface area contributed by atoms with Crippen LogP contribution in [0, 0.1) is 6.92 Å². The van der Waals surface area contributed by atoms with Crippen LogP contribution in [0.25, 0.3) is 22.1 Å². The molecule has 3 aromatic carbocycles. The molecule has 332 valence electrons. The van der Waals surface area contributed by atoms with E-state index in [9.17, 15) is 33.9 Å². The molecule has 64 heavy (non-hydrogen) atoms. The SMILES string of the molecule is COc1cc2nc(CCn3c(=O)n4n(c3=O)[C@@H]3Cn5c(=O)n(CCc6nc7cc(OC)c(OC)cc7n(C)c6=O)c(=O)n5[C@@H](c5cccc(C)c5O)C3=CC4)c(=O)n(C)c2cc1OC. The molecule has 21 nitrogen and oxygen atoms in total. The van der Waals surface area contributed by atoms with E-state index in [1.807, 2.05) is 0 Å². The largest absolute Gasteiger partial charge is 0.507 e. The Kier molecular flexibility index (Phi) is 10.1. The Morgan fingerprint density at radius 1 is 0.656 bits per heavy atom. The molecule has 7 aromatic rings. The molecule has 2 aliphatic rings. The third-order valence-corrected chi connectivity index (χ3v) is 12.4. The molecule has 2 atom stereocenters. The summed E-state index contributed by atoms with van der Waals surface area (Å²) in [6, 6.07) is 9.57. The van der Waals surface area contributed by atoms with E-state index in [2.05, 4.69) is 9.97 Å². The van der Waals surface area contributed by atoms with Crippen LogP contribution < -0.4 is 52.8 Å². The molecule has 0 saturated carbocycles. The van der Waals surface area contributed by atoms with Gasteiger partial charge in [-0.3, -0.25) is 9.59 Å². The number of phenolic OH excluding ortho intramolecular Hbond substituents is 1. The molecule has 2 aliphatic heterocycles. The number of hydrogen-bond donors (Lipinski definition) is 1. The number of hydrogen-bond acceptors (Lipinski definition) is 13. The van der Waals surface area contributed by atoms with Gasteiger partial charge in [-0.05, 0) is 18.1 Å². The predicted molar refractivity (Wildman–Crippen MR) is 232 cm³/mol. The minimum absolute atomic E-state index is 0.0686. The molecule has 0 spiro atoms. The molecule has 0 saturated heterocycles. The number of ether oxygens (including phenoxy) is 4. The van der Waals surface area contributed by atoms with Crippen LogP contribution in [-0.2, 0) is 53.1 Å². The molecule has 4 aromatic heterocycles. The van der Waals surface area contributed by atoms with Gasteiger partial charge in [0.1, 0.15) is 23.2 Å². The quantitative estimate of drug-likeness (QED) is 0.177. The summed E-state index contributed by atoms with van der Waals surface area (Å²) in [5, 5.41) is 11.5. The second-order valence-electron chi connectivity index (χ2n) is 15.7. The number of phenols is 1. The minimum atomic E-state index is -1.08. The van der Waals surface area contributed by atoms with E-state index in [4.69, 9.17) is 18.9 Å². The van der Waals surface area contributed by atoms with Crippen LogP contribution in [0.5, 0.6) is 28.7 Å². The normalized spacial score (nSPS) is 15.5. The van der Waals surface area contributed by atoms with Crippen molar-refractivity contribution in [2.24, 2.45) is 14.1 Å². The van der Waals surface area contributed by atoms with Crippen molar-refractivity contribution in [3.05, 3.63) is 139 Å². The van der Waals surface area contributed by atoms with Gasteiger partial charge in [-0.15, -0.1) is 0 Å². The zero-order chi connectivity index (χ0) is 45.5. The van der Waals surface area contributed by atoms with Gasteiger partial charge in [0.15, 0.2) is 23.0 Å². The molecule has 0 fully saturated rings. The van der Waals surface area contributed by atoms with Gasteiger partial charge in [-0.25, -0.2) is 57.0 Å². The lowest BCUT2D eigenvalue weighted by atomic mass is 9.89. The highest BCUT2D eigenvalue weighted by molar-refractivity contribution is 5.80. The number of nitrogens with zero attached hydrogens (tertiary/aromatic N) is 10. The van der Waals surface area contributed by atoms with Crippen LogP contribution in [0.3, 0.4) is 0 Å². The van der Waals surface area contributed by atoms with E-state index in [0.29, 0.717) is 61.8 Å². The van der Waals surface area contributed by atoms with Gasteiger partial charge in [0.2, 0.25) is 0 Å². The van der Waals surface area contributed by atoms with E-state index in [0.717, 1.165) is 9.13 Å². The van der Waals surface area contributed by atoms with Crippen LogP contribution in [0.4, 0.5) is 0 Å². The van der Waals surface area contributed by atoms with E-state index >= 15 is 0 Å². The summed E-state index contributed by atoms with van der Waals surface area (Å²) in [6.45, 7) is 0.979. The highest BCUT2D eigenvalue weighted by atomic mass is 16.5. The Labute approximate surface area is 361 Å². The monoisotopic (exact) mass is 876 g/mol. The lowest BCUT2D eigenvalue weighted by Crippen LogP contribution is -2.47. The van der Waals surface area contributed by atoms with Crippen LogP contribution in [0.2, 0.25) is 0 Å². The first-order chi connectivity index (χ1) is 30.7. The zero-order valence-electron chi connectivity index (χ0n) is 36.0. The first-order valence-electron chi connectivity index (χ1n) is 20.3. The number of allylic oxidation sites excluding steroid dienone is 2. The molecule has 9 rings (SSSR count). The van der Waals surface area contributed by atoms with Crippen LogP contribution in [0.1, 0.15) is 34.6 Å². The molecule has 0 aliphatic carbocycles. The topological polar surface area (TPSA) is 225 Å². The van der Waals surface area contributed by atoms with Crippen molar-refractivity contribution in [1.82, 2.24) is 47.0 Å². The van der Waals surface area contributed by atoms with E-state index in [1.54, 1.807) is 69.6 Å². The summed E-state index contributed by atoms with van der Waals surface area (Å²) in [4.78, 5) is 93.6. The fraction of sp³-hybridized carbons (Fsp3) is 0.349. The molecule has 6 heterocycles. The number of fused-ring (bicyclic) bond motifs is 6. The smallest absolute Gasteiger partial charge is 0.348 e. The number of benzene rings is 3. The van der Waals surface area contributed by atoms with Crippen molar-refractivity contribution in [3.8, 4) is 28.7 Å². The Bertz CT molecular complexity index is 3500.